The fraction of sp³-hybridized carbons (Fsp3) is 0.450. The van der Waals surface area contributed by atoms with Crippen molar-refractivity contribution in [3.63, 3.8) is 0 Å². The molecule has 3 heterocycles. The van der Waals surface area contributed by atoms with Gasteiger partial charge in [-0.15, -0.1) is 0 Å². The number of aromatic amines is 1. The molecule has 1 atom stereocenters. The molecule has 0 aliphatic carbocycles. The number of aromatic nitrogens is 2. The van der Waals surface area contributed by atoms with Crippen molar-refractivity contribution in [2.45, 2.75) is 39.2 Å². The minimum atomic E-state index is -0.263. The first-order chi connectivity index (χ1) is 12.5. The number of rotatable bonds is 3. The van der Waals surface area contributed by atoms with E-state index in [2.05, 4.69) is 36.2 Å². The highest BCUT2D eigenvalue weighted by Gasteiger charge is 2.38. The molecular formula is C20H24N4O2. The van der Waals surface area contributed by atoms with E-state index in [0.717, 1.165) is 23.4 Å². The lowest BCUT2D eigenvalue weighted by atomic mass is 10.0. The molecule has 2 amide bonds. The number of hydrogen-bond donors (Lipinski definition) is 1. The zero-order valence-electron chi connectivity index (χ0n) is 15.2. The van der Waals surface area contributed by atoms with Gasteiger partial charge < -0.3 is 9.80 Å². The Balaban J connectivity index is 1.45. The van der Waals surface area contributed by atoms with E-state index in [1.165, 1.54) is 5.56 Å². The zero-order chi connectivity index (χ0) is 18.3. The second-order valence-electron chi connectivity index (χ2n) is 7.54. The van der Waals surface area contributed by atoms with Crippen LogP contribution in [0.25, 0.3) is 0 Å². The van der Waals surface area contributed by atoms with Crippen LogP contribution in [0.3, 0.4) is 0 Å². The third kappa shape index (κ3) is 3.00. The fourth-order valence-corrected chi connectivity index (χ4v) is 3.83. The molecule has 6 heteroatoms. The van der Waals surface area contributed by atoms with Crippen LogP contribution < -0.4 is 4.90 Å². The molecule has 1 aromatic heterocycles. The summed E-state index contributed by atoms with van der Waals surface area (Å²) in [4.78, 5) is 29.0. The molecule has 6 nitrogen and oxygen atoms in total. The summed E-state index contributed by atoms with van der Waals surface area (Å²) in [5.41, 5.74) is 4.32. The van der Waals surface area contributed by atoms with Crippen molar-refractivity contribution in [3.8, 4) is 0 Å². The van der Waals surface area contributed by atoms with Crippen molar-refractivity contribution < 1.29 is 9.59 Å². The molecule has 2 aromatic rings. The molecule has 0 spiro atoms. The summed E-state index contributed by atoms with van der Waals surface area (Å²) in [5.74, 6) is 0.299. The number of benzene rings is 1. The Morgan fingerprint density at radius 3 is 2.77 bits per heavy atom. The summed E-state index contributed by atoms with van der Waals surface area (Å²) in [6.45, 7) is 6.03. The van der Waals surface area contributed by atoms with Gasteiger partial charge in [-0.05, 0) is 23.6 Å². The summed E-state index contributed by atoms with van der Waals surface area (Å²) in [5, 5.41) is 7.04. The van der Waals surface area contributed by atoms with Crippen LogP contribution in [0, 0.1) is 5.92 Å². The Kier molecular flexibility index (Phi) is 4.26. The smallest absolute Gasteiger partial charge is 0.228 e. The molecule has 26 heavy (non-hydrogen) atoms. The molecule has 1 fully saturated rings. The largest absolute Gasteiger partial charge is 0.338 e. The Bertz CT molecular complexity index is 825. The van der Waals surface area contributed by atoms with Gasteiger partial charge in [-0.25, -0.2) is 0 Å². The molecule has 2 aliphatic rings. The third-order valence-electron chi connectivity index (χ3n) is 5.46. The van der Waals surface area contributed by atoms with E-state index in [4.69, 9.17) is 0 Å². The molecule has 0 radical (unpaired) electrons. The maximum atomic E-state index is 12.9. The molecule has 4 rings (SSSR count). The molecule has 1 aromatic carbocycles. The number of H-pyrrole nitrogens is 1. The van der Waals surface area contributed by atoms with Crippen LogP contribution in [0.1, 0.15) is 43.0 Å². The van der Waals surface area contributed by atoms with Crippen molar-refractivity contribution in [1.29, 1.82) is 0 Å². The van der Waals surface area contributed by atoms with Crippen LogP contribution in [-0.4, -0.2) is 40.0 Å². The Morgan fingerprint density at radius 1 is 1.27 bits per heavy atom. The van der Waals surface area contributed by atoms with E-state index >= 15 is 0 Å². The van der Waals surface area contributed by atoms with Crippen LogP contribution in [0.4, 0.5) is 5.69 Å². The minimum Gasteiger partial charge on any atom is -0.338 e. The lowest BCUT2D eigenvalue weighted by molar-refractivity contribution is -0.136. The number of nitrogens with zero attached hydrogens (tertiary/aromatic N) is 3. The number of fused-ring (bicyclic) bond motifs is 1. The first-order valence-electron chi connectivity index (χ1n) is 9.23. The van der Waals surface area contributed by atoms with Crippen molar-refractivity contribution in [3.05, 3.63) is 47.3 Å². The fourth-order valence-electron chi connectivity index (χ4n) is 3.83. The van der Waals surface area contributed by atoms with Gasteiger partial charge in [-0.1, -0.05) is 26.0 Å². The van der Waals surface area contributed by atoms with E-state index in [-0.39, 0.29) is 17.7 Å². The van der Waals surface area contributed by atoms with Crippen LogP contribution in [0.5, 0.6) is 0 Å². The third-order valence-corrected chi connectivity index (χ3v) is 5.46. The van der Waals surface area contributed by atoms with Gasteiger partial charge in [0.15, 0.2) is 0 Å². The van der Waals surface area contributed by atoms with E-state index in [0.29, 0.717) is 32.0 Å². The molecule has 1 N–H and O–H groups in total. The molecule has 1 saturated heterocycles. The van der Waals surface area contributed by atoms with Gasteiger partial charge in [0.05, 0.1) is 12.1 Å². The van der Waals surface area contributed by atoms with E-state index < -0.39 is 0 Å². The average Bonchev–Trinajstić information content (AvgIpc) is 3.27. The highest BCUT2D eigenvalue weighted by molar-refractivity contribution is 6.00. The van der Waals surface area contributed by atoms with E-state index in [1.807, 2.05) is 17.0 Å². The monoisotopic (exact) mass is 352 g/mol. The maximum absolute atomic E-state index is 12.9. The second kappa shape index (κ2) is 6.59. The number of amides is 2. The summed E-state index contributed by atoms with van der Waals surface area (Å²) in [6.07, 6.45) is 2.87. The summed E-state index contributed by atoms with van der Waals surface area (Å²) >= 11 is 0. The second-order valence-corrected chi connectivity index (χ2v) is 7.54. The van der Waals surface area contributed by atoms with Crippen molar-refractivity contribution in [2.24, 2.45) is 5.92 Å². The number of carbonyl (C=O) groups is 2. The number of carbonyl (C=O) groups excluding carboxylic acids is 2. The summed E-state index contributed by atoms with van der Waals surface area (Å²) in [7, 11) is 0. The number of anilines is 1. The van der Waals surface area contributed by atoms with Gasteiger partial charge in [0, 0.05) is 49.4 Å². The average molecular weight is 352 g/mol. The van der Waals surface area contributed by atoms with Crippen LogP contribution in [-0.2, 0) is 22.6 Å². The Labute approximate surface area is 153 Å². The van der Waals surface area contributed by atoms with Crippen molar-refractivity contribution in [2.75, 3.05) is 18.0 Å². The van der Waals surface area contributed by atoms with Crippen LogP contribution in [0.15, 0.2) is 30.5 Å². The predicted octanol–water partition coefficient (Wildman–Crippen LogP) is 2.47. The van der Waals surface area contributed by atoms with E-state index in [9.17, 15) is 9.59 Å². The van der Waals surface area contributed by atoms with Gasteiger partial charge in [0.25, 0.3) is 0 Å². The molecule has 136 valence electrons. The molecule has 0 unspecified atom stereocenters. The van der Waals surface area contributed by atoms with Gasteiger partial charge in [0.2, 0.25) is 11.8 Å². The molecule has 0 bridgehead atoms. The lowest BCUT2D eigenvalue weighted by Crippen LogP contribution is -2.40. The van der Waals surface area contributed by atoms with Gasteiger partial charge in [-0.3, -0.25) is 14.7 Å². The highest BCUT2D eigenvalue weighted by Crippen LogP contribution is 2.29. The number of hydrogen-bond acceptors (Lipinski definition) is 3. The van der Waals surface area contributed by atoms with Crippen molar-refractivity contribution >= 4 is 17.5 Å². The normalized spacial score (nSPS) is 20.0. The Morgan fingerprint density at radius 2 is 2.04 bits per heavy atom. The molecule has 0 saturated carbocycles. The lowest BCUT2D eigenvalue weighted by Gasteiger charge is -2.28. The minimum absolute atomic E-state index is 0.0293. The first-order valence-corrected chi connectivity index (χ1v) is 9.23. The zero-order valence-corrected chi connectivity index (χ0v) is 15.2. The standard InChI is InChI=1S/C20H24N4O2/c1-13(2)14-3-5-17(6-4-14)24-12-15(9-19(24)25)20(26)23-8-7-18-16(11-23)10-21-22-18/h3-6,10,13,15H,7-9,11-12H2,1-2H3,(H,21,22)/t15-/m0/s1. The first kappa shape index (κ1) is 16.8. The van der Waals surface area contributed by atoms with Crippen molar-refractivity contribution in [1.82, 2.24) is 15.1 Å². The van der Waals surface area contributed by atoms with E-state index in [1.54, 1.807) is 11.1 Å². The predicted molar refractivity (Wildman–Crippen MR) is 98.7 cm³/mol. The summed E-state index contributed by atoms with van der Waals surface area (Å²) < 4.78 is 0. The quantitative estimate of drug-likeness (QED) is 0.923. The highest BCUT2D eigenvalue weighted by atomic mass is 16.2. The van der Waals surface area contributed by atoms with Gasteiger partial charge >= 0.3 is 0 Å². The van der Waals surface area contributed by atoms with Gasteiger partial charge in [0.1, 0.15) is 0 Å². The SMILES string of the molecule is CC(C)c1ccc(N2C[C@@H](C(=O)N3CCc4[nH]ncc4C3)CC2=O)cc1. The molecular weight excluding hydrogens is 328 g/mol. The number of nitrogens with one attached hydrogen (secondary N) is 1. The van der Waals surface area contributed by atoms with Crippen LogP contribution in [0.2, 0.25) is 0 Å². The topological polar surface area (TPSA) is 69.3 Å². The van der Waals surface area contributed by atoms with Gasteiger partial charge in [-0.2, -0.15) is 5.10 Å². The Hall–Kier alpha value is -2.63. The molecule has 2 aliphatic heterocycles. The summed E-state index contributed by atoms with van der Waals surface area (Å²) in [6, 6.07) is 8.10. The van der Waals surface area contributed by atoms with Crippen LogP contribution >= 0.6 is 0 Å². The maximum Gasteiger partial charge on any atom is 0.228 e.